The molecule has 1 amide bonds. The van der Waals surface area contributed by atoms with Crippen LogP contribution in [0.4, 0.5) is 13.2 Å². The minimum absolute atomic E-state index is 0.00810. The van der Waals surface area contributed by atoms with Gasteiger partial charge in [0.15, 0.2) is 0 Å². The molecule has 0 aromatic carbocycles. The molecule has 1 saturated carbocycles. The van der Waals surface area contributed by atoms with E-state index in [4.69, 9.17) is 4.42 Å². The second kappa shape index (κ2) is 11.0. The fourth-order valence-electron chi connectivity index (χ4n) is 3.54. The van der Waals surface area contributed by atoms with Crippen LogP contribution in [0.2, 0.25) is 0 Å². The van der Waals surface area contributed by atoms with Crippen LogP contribution in [0.5, 0.6) is 0 Å². The average molecular weight is 436 g/mol. The van der Waals surface area contributed by atoms with Gasteiger partial charge >= 0.3 is 6.18 Å². The number of halogens is 3. The Morgan fingerprint density at radius 1 is 1.24 bits per heavy atom. The number of carbonyl (C=O) groups is 2. The Morgan fingerprint density at radius 2 is 1.90 bits per heavy atom. The number of carbonyl (C=O) groups excluding carboxylic acids is 2. The summed E-state index contributed by atoms with van der Waals surface area (Å²) in [6.45, 7) is 3.92. The van der Waals surface area contributed by atoms with E-state index in [9.17, 15) is 22.8 Å². The number of ketones is 1. The van der Waals surface area contributed by atoms with E-state index in [-0.39, 0.29) is 28.8 Å². The molecular weight excluding hydrogens is 407 g/mol. The number of aromatic nitrogens is 2. The highest BCUT2D eigenvalue weighted by atomic mass is 32.2. The molecule has 164 valence electrons. The Hall–Kier alpha value is -1.58. The average Bonchev–Trinajstić information content (AvgIpc) is 2.94. The van der Waals surface area contributed by atoms with Gasteiger partial charge in [0.25, 0.3) is 11.1 Å². The molecule has 0 saturated heterocycles. The van der Waals surface area contributed by atoms with Gasteiger partial charge in [0, 0.05) is 11.8 Å². The fourth-order valence-corrected chi connectivity index (χ4v) is 4.29. The summed E-state index contributed by atoms with van der Waals surface area (Å²) in [5, 5.41) is 7.34. The monoisotopic (exact) mass is 435 g/mol. The smallest absolute Gasteiger partial charge is 0.389 e. The normalized spacial score (nSPS) is 17.2. The molecule has 2 rings (SSSR count). The van der Waals surface area contributed by atoms with Gasteiger partial charge in [-0.1, -0.05) is 51.3 Å². The molecule has 0 aliphatic heterocycles. The van der Waals surface area contributed by atoms with E-state index >= 15 is 0 Å². The molecule has 1 fully saturated rings. The van der Waals surface area contributed by atoms with Crippen molar-refractivity contribution in [1.29, 1.82) is 0 Å². The van der Waals surface area contributed by atoms with Crippen LogP contribution in [0.15, 0.2) is 9.64 Å². The summed E-state index contributed by atoms with van der Waals surface area (Å²) in [4.78, 5) is 26.6. The van der Waals surface area contributed by atoms with Crippen LogP contribution in [-0.4, -0.2) is 51.3 Å². The van der Waals surface area contributed by atoms with E-state index in [1.807, 2.05) is 13.8 Å². The second-order valence-electron chi connectivity index (χ2n) is 7.79. The fraction of sp³-hybridized carbons (Fsp3) is 0.789. The quantitative estimate of drug-likeness (QED) is 0.225. The zero-order valence-corrected chi connectivity index (χ0v) is 17.6. The molecule has 1 aliphatic rings. The van der Waals surface area contributed by atoms with E-state index in [0.29, 0.717) is 6.42 Å². The number of alkyl halides is 3. The molecule has 29 heavy (non-hydrogen) atoms. The van der Waals surface area contributed by atoms with Crippen LogP contribution in [0.3, 0.4) is 0 Å². The van der Waals surface area contributed by atoms with Crippen LogP contribution >= 0.6 is 11.8 Å². The third-order valence-electron chi connectivity index (χ3n) is 4.95. The van der Waals surface area contributed by atoms with Crippen LogP contribution < -0.4 is 0 Å². The molecule has 1 atom stereocenters. The first kappa shape index (κ1) is 23.7. The molecule has 0 unspecified atom stereocenters. The summed E-state index contributed by atoms with van der Waals surface area (Å²) in [6.07, 6.45) is 1.89. The van der Waals surface area contributed by atoms with Gasteiger partial charge in [0.1, 0.15) is 6.04 Å². The number of amides is 1. The summed E-state index contributed by atoms with van der Waals surface area (Å²) in [5.41, 5.74) is 0. The molecule has 6 nitrogen and oxygen atoms in total. The van der Waals surface area contributed by atoms with Gasteiger partial charge in [0.05, 0.1) is 6.42 Å². The van der Waals surface area contributed by atoms with Gasteiger partial charge in [-0.15, -0.1) is 10.2 Å². The number of Topliss-reactive ketones (excluding diaryl/α,β-unsaturated/α-hetero) is 1. The van der Waals surface area contributed by atoms with E-state index in [0.717, 1.165) is 56.7 Å². The molecular formula is C19H28F3N3O3S. The van der Waals surface area contributed by atoms with Gasteiger partial charge in [0.2, 0.25) is 12.2 Å². The maximum Gasteiger partial charge on any atom is 0.389 e. The van der Waals surface area contributed by atoms with Crippen molar-refractivity contribution in [3.05, 3.63) is 5.89 Å². The van der Waals surface area contributed by atoms with Crippen molar-refractivity contribution < 1.29 is 27.2 Å². The van der Waals surface area contributed by atoms with Crippen LogP contribution in [0.1, 0.15) is 75.9 Å². The van der Waals surface area contributed by atoms with Crippen molar-refractivity contribution in [2.24, 2.45) is 5.92 Å². The van der Waals surface area contributed by atoms with Crippen LogP contribution in [0.25, 0.3) is 0 Å². The largest absolute Gasteiger partial charge is 0.408 e. The number of nitrogens with zero attached hydrogens (tertiary/aromatic N) is 3. The Bertz CT molecular complexity index is 659. The third-order valence-corrected chi connectivity index (χ3v) is 5.77. The Morgan fingerprint density at radius 3 is 2.45 bits per heavy atom. The van der Waals surface area contributed by atoms with Crippen molar-refractivity contribution in [2.75, 3.05) is 5.75 Å². The molecule has 1 aromatic rings. The van der Waals surface area contributed by atoms with Crippen molar-refractivity contribution in [3.8, 4) is 0 Å². The van der Waals surface area contributed by atoms with Gasteiger partial charge in [-0.25, -0.2) is 0 Å². The number of hydrogen-bond acceptors (Lipinski definition) is 6. The molecule has 0 radical (unpaired) electrons. The van der Waals surface area contributed by atoms with E-state index < -0.39 is 24.4 Å². The third kappa shape index (κ3) is 7.64. The lowest BCUT2D eigenvalue weighted by atomic mass is 9.95. The van der Waals surface area contributed by atoms with Crippen molar-refractivity contribution >= 4 is 24.0 Å². The van der Waals surface area contributed by atoms with Crippen molar-refractivity contribution in [3.63, 3.8) is 0 Å². The SMILES string of the molecule is CC(C)C[C@@H](C(=O)c1nnc(SCCC(F)(F)F)o1)N(C=O)C1CCCCCC1. The van der Waals surface area contributed by atoms with Crippen LogP contribution in [-0.2, 0) is 4.79 Å². The summed E-state index contributed by atoms with van der Waals surface area (Å²) >= 11 is 0.760. The molecule has 1 aliphatic carbocycles. The summed E-state index contributed by atoms with van der Waals surface area (Å²) in [5.74, 6) is -0.825. The van der Waals surface area contributed by atoms with Crippen LogP contribution in [0, 0.1) is 5.92 Å². The van der Waals surface area contributed by atoms with Crippen molar-refractivity contribution in [1.82, 2.24) is 15.1 Å². The van der Waals surface area contributed by atoms with Gasteiger partial charge in [-0.2, -0.15) is 13.2 Å². The zero-order valence-electron chi connectivity index (χ0n) is 16.8. The number of thioether (sulfide) groups is 1. The van der Waals surface area contributed by atoms with Gasteiger partial charge in [-0.05, 0) is 25.2 Å². The first-order chi connectivity index (χ1) is 13.7. The maximum atomic E-state index is 13.1. The highest BCUT2D eigenvalue weighted by molar-refractivity contribution is 7.99. The van der Waals surface area contributed by atoms with Crippen molar-refractivity contribution in [2.45, 2.75) is 88.7 Å². The standard InChI is InChI=1S/C19H28F3N3O3S/c1-13(2)11-15(25(12-26)14-7-5-3-4-6-8-14)16(27)17-23-24-18(28-17)29-10-9-19(20,21)22/h12-15H,3-11H2,1-2H3/t15-/m0/s1. The molecule has 1 aromatic heterocycles. The lowest BCUT2D eigenvalue weighted by molar-refractivity contribution is -0.129. The zero-order chi connectivity index (χ0) is 21.4. The lowest BCUT2D eigenvalue weighted by Crippen LogP contribution is -2.47. The predicted molar refractivity (Wildman–Crippen MR) is 103 cm³/mol. The summed E-state index contributed by atoms with van der Waals surface area (Å²) in [7, 11) is 0. The second-order valence-corrected chi connectivity index (χ2v) is 8.84. The van der Waals surface area contributed by atoms with E-state index in [1.54, 1.807) is 4.90 Å². The summed E-state index contributed by atoms with van der Waals surface area (Å²) in [6, 6.07) is -0.727. The first-order valence-corrected chi connectivity index (χ1v) is 11.0. The Labute approximate surface area is 173 Å². The summed E-state index contributed by atoms with van der Waals surface area (Å²) < 4.78 is 42.2. The highest BCUT2D eigenvalue weighted by Crippen LogP contribution is 2.28. The van der Waals surface area contributed by atoms with Gasteiger partial charge in [-0.3, -0.25) is 9.59 Å². The molecule has 0 bridgehead atoms. The number of hydrogen-bond donors (Lipinski definition) is 0. The predicted octanol–water partition coefficient (Wildman–Crippen LogP) is 4.89. The highest BCUT2D eigenvalue weighted by Gasteiger charge is 2.35. The first-order valence-electron chi connectivity index (χ1n) is 10.0. The molecule has 0 spiro atoms. The molecule has 0 N–H and O–H groups in total. The van der Waals surface area contributed by atoms with E-state index in [1.165, 1.54) is 0 Å². The van der Waals surface area contributed by atoms with E-state index in [2.05, 4.69) is 10.2 Å². The minimum Gasteiger partial charge on any atom is -0.408 e. The van der Waals surface area contributed by atoms with Gasteiger partial charge < -0.3 is 9.32 Å². The Balaban J connectivity index is 2.12. The number of rotatable bonds is 10. The molecule has 1 heterocycles. The Kier molecular flexibility index (Phi) is 8.98. The maximum absolute atomic E-state index is 13.1. The topological polar surface area (TPSA) is 76.3 Å². The minimum atomic E-state index is -4.27. The molecule has 10 heteroatoms. The lowest BCUT2D eigenvalue weighted by Gasteiger charge is -2.34.